The number of Topliss-reactive ketones (excluding diaryl/α,β-unsaturated/α-hetero) is 1. The summed E-state index contributed by atoms with van der Waals surface area (Å²) in [6.07, 6.45) is 14.3. The topological polar surface area (TPSA) is 26.3 Å². The van der Waals surface area contributed by atoms with Crippen molar-refractivity contribution in [3.63, 3.8) is 0 Å². The molecule has 0 aromatic rings. The number of hydrogen-bond donors (Lipinski definition) is 0. The molecule has 0 unspecified atom stereocenters. The van der Waals surface area contributed by atoms with E-state index in [0.717, 1.165) is 42.4 Å². The summed E-state index contributed by atoms with van der Waals surface area (Å²) in [4.78, 5) is 11.6. The van der Waals surface area contributed by atoms with Crippen LogP contribution in [0.2, 0.25) is 0 Å². The molecule has 0 aromatic carbocycles. The van der Waals surface area contributed by atoms with Gasteiger partial charge in [0.1, 0.15) is 0 Å². The molecule has 0 saturated heterocycles. The van der Waals surface area contributed by atoms with Crippen molar-refractivity contribution in [1.82, 2.24) is 0 Å². The Morgan fingerprint density at radius 1 is 1.11 bits per heavy atom. The van der Waals surface area contributed by atoms with E-state index < -0.39 is 0 Å². The van der Waals surface area contributed by atoms with Crippen LogP contribution < -0.4 is 0 Å². The quantitative estimate of drug-likeness (QED) is 0.521. The number of allylic oxidation sites excluding steroid dienone is 7. The Labute approximate surface area is 110 Å². The largest absolute Gasteiger partial charge is 0.505 e. The summed E-state index contributed by atoms with van der Waals surface area (Å²) >= 11 is 0. The highest BCUT2D eigenvalue weighted by Crippen LogP contribution is 2.19. The maximum absolute atomic E-state index is 11.6. The van der Waals surface area contributed by atoms with Crippen LogP contribution in [0.25, 0.3) is 0 Å². The summed E-state index contributed by atoms with van der Waals surface area (Å²) in [6.45, 7) is 3.75. The van der Waals surface area contributed by atoms with Crippen molar-refractivity contribution >= 4 is 5.78 Å². The molecule has 0 amide bonds. The van der Waals surface area contributed by atoms with Crippen LogP contribution in [0.4, 0.5) is 0 Å². The lowest BCUT2D eigenvalue weighted by molar-refractivity contribution is -0.112. The molecule has 0 saturated carbocycles. The molecular weight excluding hydrogens is 224 g/mol. The van der Waals surface area contributed by atoms with Gasteiger partial charge in [0.25, 0.3) is 0 Å². The molecule has 1 aliphatic rings. The lowest BCUT2D eigenvalue weighted by atomic mass is 9.95. The van der Waals surface area contributed by atoms with Gasteiger partial charge < -0.3 is 4.74 Å². The Hall–Kier alpha value is -1.57. The second-order valence-electron chi connectivity index (χ2n) is 4.58. The van der Waals surface area contributed by atoms with Gasteiger partial charge in [-0.25, -0.2) is 0 Å². The Kier molecular flexibility index (Phi) is 6.20. The van der Waals surface area contributed by atoms with Crippen LogP contribution in [0.15, 0.2) is 47.3 Å². The molecular formula is C16H22O2. The highest BCUT2D eigenvalue weighted by molar-refractivity contribution is 6.09. The van der Waals surface area contributed by atoms with E-state index in [0.29, 0.717) is 0 Å². The van der Waals surface area contributed by atoms with E-state index in [4.69, 9.17) is 4.74 Å². The van der Waals surface area contributed by atoms with E-state index in [9.17, 15) is 4.79 Å². The summed E-state index contributed by atoms with van der Waals surface area (Å²) < 4.78 is 4.84. The van der Waals surface area contributed by atoms with Crippen molar-refractivity contribution in [1.29, 1.82) is 0 Å². The smallest absolute Gasteiger partial charge is 0.184 e. The van der Waals surface area contributed by atoms with Gasteiger partial charge in [-0.05, 0) is 74.5 Å². The second kappa shape index (κ2) is 7.70. The van der Waals surface area contributed by atoms with Gasteiger partial charge in [0, 0.05) is 0 Å². The van der Waals surface area contributed by atoms with E-state index in [1.165, 1.54) is 0 Å². The third-order valence-corrected chi connectivity index (χ3v) is 2.92. The second-order valence-corrected chi connectivity index (χ2v) is 4.58. The standard InChI is InChI=1S/C16H22O2/c1-13-11-15(12-14(2)16(13)17)9-7-5-4-6-8-10-18-3/h8-12H,4-7H2,1-3H3/b10-8-. The number of hydrogen-bond acceptors (Lipinski definition) is 2. The minimum atomic E-state index is 0.164. The first kappa shape index (κ1) is 14.5. The molecule has 0 bridgehead atoms. The molecule has 2 nitrogen and oxygen atoms in total. The van der Waals surface area contributed by atoms with Gasteiger partial charge in [-0.3, -0.25) is 4.79 Å². The summed E-state index contributed by atoms with van der Waals surface area (Å²) in [5, 5.41) is 0. The van der Waals surface area contributed by atoms with Crippen LogP contribution in [-0.4, -0.2) is 12.9 Å². The van der Waals surface area contributed by atoms with Crippen molar-refractivity contribution in [2.75, 3.05) is 7.11 Å². The fourth-order valence-electron chi connectivity index (χ4n) is 1.94. The fraction of sp³-hybridized carbons (Fsp3) is 0.438. The number of ketones is 1. The highest BCUT2D eigenvalue weighted by Gasteiger charge is 2.11. The Morgan fingerprint density at radius 3 is 2.33 bits per heavy atom. The van der Waals surface area contributed by atoms with Crippen LogP contribution in [0, 0.1) is 0 Å². The Balaban J connectivity index is 2.35. The Morgan fingerprint density at radius 2 is 1.72 bits per heavy atom. The van der Waals surface area contributed by atoms with E-state index in [-0.39, 0.29) is 5.78 Å². The van der Waals surface area contributed by atoms with Gasteiger partial charge in [-0.15, -0.1) is 0 Å². The van der Waals surface area contributed by atoms with E-state index >= 15 is 0 Å². The predicted molar refractivity (Wildman–Crippen MR) is 75.2 cm³/mol. The fourth-order valence-corrected chi connectivity index (χ4v) is 1.94. The molecule has 0 fully saturated rings. The molecule has 1 aliphatic carbocycles. The third kappa shape index (κ3) is 4.74. The van der Waals surface area contributed by atoms with E-state index in [2.05, 4.69) is 6.08 Å². The number of carbonyl (C=O) groups excluding carboxylic acids is 1. The molecule has 18 heavy (non-hydrogen) atoms. The van der Waals surface area contributed by atoms with Gasteiger partial charge in [0.2, 0.25) is 0 Å². The molecule has 0 aliphatic heterocycles. The van der Waals surface area contributed by atoms with Crippen LogP contribution in [-0.2, 0) is 9.53 Å². The van der Waals surface area contributed by atoms with Crippen LogP contribution >= 0.6 is 0 Å². The maximum Gasteiger partial charge on any atom is 0.184 e. The lowest BCUT2D eigenvalue weighted by Crippen LogP contribution is -2.05. The average molecular weight is 246 g/mol. The van der Waals surface area contributed by atoms with Gasteiger partial charge in [-0.2, -0.15) is 0 Å². The number of ether oxygens (including phenoxy) is 1. The zero-order chi connectivity index (χ0) is 13.4. The number of carbonyl (C=O) groups is 1. The molecule has 0 heterocycles. The van der Waals surface area contributed by atoms with Crippen molar-refractivity contribution in [2.24, 2.45) is 0 Å². The molecule has 0 spiro atoms. The number of methoxy groups -OCH3 is 1. The highest BCUT2D eigenvalue weighted by atomic mass is 16.5. The van der Waals surface area contributed by atoms with Gasteiger partial charge in [0.15, 0.2) is 5.78 Å². The molecule has 1 rings (SSSR count). The normalized spacial score (nSPS) is 15.7. The van der Waals surface area contributed by atoms with Crippen molar-refractivity contribution in [2.45, 2.75) is 39.5 Å². The van der Waals surface area contributed by atoms with E-state index in [1.807, 2.05) is 32.1 Å². The molecule has 0 radical (unpaired) electrons. The van der Waals surface area contributed by atoms with Crippen molar-refractivity contribution < 1.29 is 9.53 Å². The van der Waals surface area contributed by atoms with Gasteiger partial charge in [-0.1, -0.05) is 6.08 Å². The summed E-state index contributed by atoms with van der Waals surface area (Å²) in [5.41, 5.74) is 2.84. The van der Waals surface area contributed by atoms with Gasteiger partial charge in [0.05, 0.1) is 13.4 Å². The summed E-state index contributed by atoms with van der Waals surface area (Å²) in [7, 11) is 1.66. The minimum absolute atomic E-state index is 0.164. The van der Waals surface area contributed by atoms with Gasteiger partial charge >= 0.3 is 0 Å². The van der Waals surface area contributed by atoms with Crippen molar-refractivity contribution in [3.8, 4) is 0 Å². The molecule has 0 atom stereocenters. The zero-order valence-electron chi connectivity index (χ0n) is 11.5. The first-order valence-corrected chi connectivity index (χ1v) is 6.44. The predicted octanol–water partition coefficient (Wildman–Crippen LogP) is 4.11. The molecule has 0 N–H and O–H groups in total. The van der Waals surface area contributed by atoms with Crippen LogP contribution in [0.1, 0.15) is 39.5 Å². The molecule has 98 valence electrons. The first-order valence-electron chi connectivity index (χ1n) is 6.44. The Bertz CT molecular complexity index is 385. The zero-order valence-corrected chi connectivity index (χ0v) is 11.5. The van der Waals surface area contributed by atoms with Crippen molar-refractivity contribution in [3.05, 3.63) is 47.3 Å². The van der Waals surface area contributed by atoms with Crippen LogP contribution in [0.5, 0.6) is 0 Å². The lowest BCUT2D eigenvalue weighted by Gasteiger charge is -2.09. The summed E-state index contributed by atoms with van der Waals surface area (Å²) in [5.74, 6) is 0.164. The monoisotopic (exact) mass is 246 g/mol. The maximum atomic E-state index is 11.6. The number of rotatable bonds is 6. The molecule has 0 aromatic heterocycles. The number of unbranched alkanes of at least 4 members (excludes halogenated alkanes) is 3. The van der Waals surface area contributed by atoms with E-state index in [1.54, 1.807) is 13.4 Å². The third-order valence-electron chi connectivity index (χ3n) is 2.92. The average Bonchev–Trinajstić information content (AvgIpc) is 2.34. The summed E-state index contributed by atoms with van der Waals surface area (Å²) in [6, 6.07) is 0. The van der Waals surface area contributed by atoms with Crippen LogP contribution in [0.3, 0.4) is 0 Å². The molecule has 2 heteroatoms. The first-order chi connectivity index (χ1) is 8.65. The SMILES string of the molecule is CO/C=C\CCCCC=C1C=C(C)C(=O)C(C)=C1. The minimum Gasteiger partial charge on any atom is -0.505 e.